The largest absolute Gasteiger partial charge is 0.479 e. The summed E-state index contributed by atoms with van der Waals surface area (Å²) in [5.74, 6) is 0.623. The van der Waals surface area contributed by atoms with E-state index in [1.165, 1.54) is 0 Å². The molecule has 1 aliphatic heterocycles. The molecule has 0 fully saturated rings. The van der Waals surface area contributed by atoms with Gasteiger partial charge in [0.25, 0.3) is 5.91 Å². The third-order valence-electron chi connectivity index (χ3n) is 2.65. The van der Waals surface area contributed by atoms with Crippen LogP contribution in [0.1, 0.15) is 12.5 Å². The number of hydrogen-bond acceptors (Lipinski definition) is 4. The summed E-state index contributed by atoms with van der Waals surface area (Å²) in [5, 5.41) is 8.62. The smallest absolute Gasteiger partial charge is 0.267 e. The van der Waals surface area contributed by atoms with E-state index in [0.717, 1.165) is 11.3 Å². The molecule has 1 amide bonds. The van der Waals surface area contributed by atoms with E-state index in [0.29, 0.717) is 12.3 Å². The molecule has 0 aliphatic carbocycles. The van der Waals surface area contributed by atoms with Gasteiger partial charge < -0.3 is 14.8 Å². The highest BCUT2D eigenvalue weighted by molar-refractivity contribution is 5.99. The molecule has 0 aromatic heterocycles. The van der Waals surface area contributed by atoms with Crippen molar-refractivity contribution >= 4 is 11.6 Å². The van der Waals surface area contributed by atoms with Gasteiger partial charge in [0, 0.05) is 13.6 Å². The molecule has 86 valence electrons. The number of hydrogen-bond donors (Lipinski definition) is 2. The summed E-state index contributed by atoms with van der Waals surface area (Å²) in [6.45, 7) is 2.07. The third-order valence-corrected chi connectivity index (χ3v) is 2.65. The molecule has 1 aliphatic rings. The second kappa shape index (κ2) is 4.11. The van der Waals surface area contributed by atoms with Gasteiger partial charge in [-0.1, -0.05) is 6.07 Å². The molecule has 0 saturated carbocycles. The molecule has 1 atom stereocenters. The summed E-state index contributed by atoms with van der Waals surface area (Å²) in [4.78, 5) is 13.3. The minimum atomic E-state index is -0.445. The molecular formula is C11H14N2O3. The number of carbonyl (C=O) groups excluding carboxylic acids is 1. The van der Waals surface area contributed by atoms with Crippen molar-refractivity contribution in [3.8, 4) is 5.75 Å². The second-order valence-corrected chi connectivity index (χ2v) is 3.79. The van der Waals surface area contributed by atoms with E-state index in [-0.39, 0.29) is 5.91 Å². The second-order valence-electron chi connectivity index (χ2n) is 3.79. The number of likely N-dealkylation sites (N-methyl/N-ethyl adjacent to an activating group) is 1. The van der Waals surface area contributed by atoms with Crippen molar-refractivity contribution < 1.29 is 14.7 Å². The van der Waals surface area contributed by atoms with Gasteiger partial charge in [0.2, 0.25) is 0 Å². The van der Waals surface area contributed by atoms with Gasteiger partial charge in [0.15, 0.2) is 6.10 Å². The lowest BCUT2D eigenvalue weighted by molar-refractivity contribution is -0.125. The van der Waals surface area contributed by atoms with Crippen LogP contribution < -0.4 is 15.1 Å². The monoisotopic (exact) mass is 222 g/mol. The summed E-state index contributed by atoms with van der Waals surface area (Å²) >= 11 is 0. The normalized spacial score (nSPS) is 19.3. The van der Waals surface area contributed by atoms with Crippen molar-refractivity contribution in [2.75, 3.05) is 11.9 Å². The highest BCUT2D eigenvalue weighted by Crippen LogP contribution is 2.33. The van der Waals surface area contributed by atoms with Crippen LogP contribution in [-0.4, -0.2) is 24.3 Å². The fraction of sp³-hybridized carbons (Fsp3) is 0.364. The Balaban J connectivity index is 2.38. The molecule has 0 saturated heterocycles. The number of nitrogens with one attached hydrogen (secondary N) is 1. The van der Waals surface area contributed by atoms with Crippen molar-refractivity contribution in [1.82, 2.24) is 5.48 Å². The zero-order chi connectivity index (χ0) is 11.7. The van der Waals surface area contributed by atoms with Gasteiger partial charge in [-0.25, -0.2) is 5.48 Å². The maximum absolute atomic E-state index is 11.7. The fourth-order valence-electron chi connectivity index (χ4n) is 1.76. The molecule has 2 N–H and O–H groups in total. The fourth-order valence-corrected chi connectivity index (χ4v) is 1.76. The minimum absolute atomic E-state index is 0.0680. The predicted molar refractivity (Wildman–Crippen MR) is 58.6 cm³/mol. The van der Waals surface area contributed by atoms with E-state index in [1.54, 1.807) is 24.9 Å². The van der Waals surface area contributed by atoms with E-state index in [2.05, 4.69) is 5.48 Å². The Kier molecular flexibility index (Phi) is 2.80. The van der Waals surface area contributed by atoms with Crippen molar-refractivity contribution in [3.63, 3.8) is 0 Å². The van der Waals surface area contributed by atoms with Gasteiger partial charge in [0.05, 0.1) is 5.69 Å². The number of amides is 1. The Labute approximate surface area is 93.6 Å². The van der Waals surface area contributed by atoms with Crippen LogP contribution in [-0.2, 0) is 11.3 Å². The number of rotatable bonds is 2. The van der Waals surface area contributed by atoms with Crippen LogP contribution >= 0.6 is 0 Å². The standard InChI is InChI=1S/C11H14N2O3/c1-7-11(14)13(2)9-5-8(6-12-15)3-4-10(9)16-7/h3-5,7,12,15H,6H2,1-2H3. The predicted octanol–water partition coefficient (Wildman–Crippen LogP) is 0.909. The van der Waals surface area contributed by atoms with E-state index in [1.807, 2.05) is 12.1 Å². The third kappa shape index (κ3) is 1.75. The Morgan fingerprint density at radius 2 is 2.31 bits per heavy atom. The number of anilines is 1. The first-order chi connectivity index (χ1) is 7.63. The van der Waals surface area contributed by atoms with E-state index >= 15 is 0 Å². The molecule has 1 aromatic carbocycles. The van der Waals surface area contributed by atoms with Crippen LogP contribution in [0.4, 0.5) is 5.69 Å². The molecule has 2 rings (SSSR count). The lowest BCUT2D eigenvalue weighted by Crippen LogP contribution is -2.42. The number of nitrogens with zero attached hydrogens (tertiary/aromatic N) is 1. The first-order valence-electron chi connectivity index (χ1n) is 5.07. The van der Waals surface area contributed by atoms with Gasteiger partial charge in [-0.15, -0.1) is 0 Å². The highest BCUT2D eigenvalue weighted by Gasteiger charge is 2.28. The van der Waals surface area contributed by atoms with Crippen LogP contribution in [0.15, 0.2) is 18.2 Å². The molecule has 0 bridgehead atoms. The van der Waals surface area contributed by atoms with Crippen LogP contribution in [0, 0.1) is 0 Å². The lowest BCUT2D eigenvalue weighted by Gasteiger charge is -2.30. The van der Waals surface area contributed by atoms with Gasteiger partial charge in [-0.05, 0) is 24.6 Å². The van der Waals surface area contributed by atoms with Crippen molar-refractivity contribution in [2.45, 2.75) is 19.6 Å². The lowest BCUT2D eigenvalue weighted by atomic mass is 10.1. The molecule has 16 heavy (non-hydrogen) atoms. The Hall–Kier alpha value is -1.59. The van der Waals surface area contributed by atoms with Crippen LogP contribution in [0.2, 0.25) is 0 Å². The zero-order valence-electron chi connectivity index (χ0n) is 9.23. The maximum atomic E-state index is 11.7. The number of hydroxylamine groups is 1. The quantitative estimate of drug-likeness (QED) is 0.730. The summed E-state index contributed by atoms with van der Waals surface area (Å²) in [5.41, 5.74) is 3.70. The maximum Gasteiger partial charge on any atom is 0.267 e. The molecule has 1 heterocycles. The number of fused-ring (bicyclic) bond motifs is 1. The Morgan fingerprint density at radius 3 is 3.00 bits per heavy atom. The van der Waals surface area contributed by atoms with Crippen LogP contribution in [0.25, 0.3) is 0 Å². The molecule has 1 aromatic rings. The summed E-state index contributed by atoms with van der Waals surface area (Å²) < 4.78 is 5.47. The average Bonchev–Trinajstić information content (AvgIpc) is 2.28. The van der Waals surface area contributed by atoms with Gasteiger partial charge in [0.1, 0.15) is 5.75 Å². The van der Waals surface area contributed by atoms with Gasteiger partial charge in [-0.2, -0.15) is 0 Å². The van der Waals surface area contributed by atoms with E-state index in [4.69, 9.17) is 9.94 Å². The molecular weight excluding hydrogens is 208 g/mol. The van der Waals surface area contributed by atoms with Crippen molar-refractivity contribution in [2.24, 2.45) is 0 Å². The zero-order valence-corrected chi connectivity index (χ0v) is 9.23. The van der Waals surface area contributed by atoms with Crippen molar-refractivity contribution in [1.29, 1.82) is 0 Å². The molecule has 0 spiro atoms. The number of carbonyl (C=O) groups is 1. The first kappa shape index (κ1) is 10.9. The van der Waals surface area contributed by atoms with Crippen molar-refractivity contribution in [3.05, 3.63) is 23.8 Å². The molecule has 5 nitrogen and oxygen atoms in total. The highest BCUT2D eigenvalue weighted by atomic mass is 16.5. The average molecular weight is 222 g/mol. The molecule has 0 radical (unpaired) electrons. The summed E-state index contributed by atoms with van der Waals surface area (Å²) in [6.07, 6.45) is -0.445. The topological polar surface area (TPSA) is 61.8 Å². The van der Waals surface area contributed by atoms with Crippen LogP contribution in [0.3, 0.4) is 0 Å². The van der Waals surface area contributed by atoms with Gasteiger partial charge >= 0.3 is 0 Å². The Morgan fingerprint density at radius 1 is 1.56 bits per heavy atom. The number of benzene rings is 1. The summed E-state index contributed by atoms with van der Waals surface area (Å²) in [7, 11) is 1.72. The SMILES string of the molecule is CC1Oc2ccc(CNO)cc2N(C)C1=O. The summed E-state index contributed by atoms with van der Waals surface area (Å²) in [6, 6.07) is 5.47. The van der Waals surface area contributed by atoms with Crippen LogP contribution in [0.5, 0.6) is 5.75 Å². The first-order valence-corrected chi connectivity index (χ1v) is 5.07. The van der Waals surface area contributed by atoms with E-state index in [9.17, 15) is 4.79 Å². The van der Waals surface area contributed by atoms with Gasteiger partial charge in [-0.3, -0.25) is 4.79 Å². The minimum Gasteiger partial charge on any atom is -0.479 e. The molecule has 5 heteroatoms. The number of ether oxygens (including phenoxy) is 1. The van der Waals surface area contributed by atoms with E-state index < -0.39 is 6.10 Å². The Bertz CT molecular complexity index is 420. The molecule has 1 unspecified atom stereocenters.